The molecule has 1 N–H and O–H groups in total. The van der Waals surface area contributed by atoms with Crippen LogP contribution in [-0.2, 0) is 10.0 Å². The van der Waals surface area contributed by atoms with Crippen LogP contribution in [0.5, 0.6) is 5.75 Å². The Bertz CT molecular complexity index is 1210. The first-order chi connectivity index (χ1) is 14.7. The van der Waals surface area contributed by atoms with Crippen molar-refractivity contribution in [2.75, 3.05) is 32.8 Å². The van der Waals surface area contributed by atoms with Gasteiger partial charge in [-0.25, -0.2) is 22.1 Å². The maximum atomic E-state index is 13.4. The molecule has 0 atom stereocenters. The number of hydrogen-bond donors (Lipinski definition) is 1. The third-order valence-electron chi connectivity index (χ3n) is 4.43. The van der Waals surface area contributed by atoms with Crippen LogP contribution in [0, 0.1) is 5.82 Å². The van der Waals surface area contributed by atoms with Gasteiger partial charge in [-0.1, -0.05) is 11.8 Å². The lowest BCUT2D eigenvalue weighted by Crippen LogP contribution is -2.23. The van der Waals surface area contributed by atoms with Crippen molar-refractivity contribution in [3.05, 3.63) is 60.2 Å². The van der Waals surface area contributed by atoms with E-state index in [-0.39, 0.29) is 16.3 Å². The van der Waals surface area contributed by atoms with Gasteiger partial charge in [0, 0.05) is 19.8 Å². The van der Waals surface area contributed by atoms with Gasteiger partial charge in [0.1, 0.15) is 17.3 Å². The molecule has 3 aromatic rings. The maximum absolute atomic E-state index is 13.4. The summed E-state index contributed by atoms with van der Waals surface area (Å²) in [7, 11) is 0.546. The Hall–Kier alpha value is -2.89. The number of ether oxygens (including phenoxy) is 1. The third-order valence-corrected chi connectivity index (χ3v) is 6.89. The number of amides is 1. The Morgan fingerprint density at radius 3 is 2.45 bits per heavy atom. The Labute approximate surface area is 184 Å². The van der Waals surface area contributed by atoms with Gasteiger partial charge in [-0.2, -0.15) is 0 Å². The number of thioether (sulfide) groups is 1. The summed E-state index contributed by atoms with van der Waals surface area (Å²) in [6.07, 6.45) is 3.21. The summed E-state index contributed by atoms with van der Waals surface area (Å²) in [6.45, 7) is 0. The SMILES string of the molecule is COc1ccc(S(=O)(=O)N(C)C)cc1NC(=O)c1cnc(SC)n1-c1ccc(F)cc1. The van der Waals surface area contributed by atoms with E-state index in [0.717, 1.165) is 4.31 Å². The molecular formula is C20H21FN4O4S2. The Kier molecular flexibility index (Phi) is 6.68. The van der Waals surface area contributed by atoms with E-state index in [1.807, 2.05) is 6.26 Å². The van der Waals surface area contributed by atoms with Gasteiger partial charge < -0.3 is 10.1 Å². The van der Waals surface area contributed by atoms with Crippen molar-refractivity contribution < 1.29 is 22.3 Å². The predicted molar refractivity (Wildman–Crippen MR) is 117 cm³/mol. The van der Waals surface area contributed by atoms with Gasteiger partial charge in [0.05, 0.1) is 23.9 Å². The Balaban J connectivity index is 2.03. The minimum Gasteiger partial charge on any atom is -0.495 e. The zero-order valence-corrected chi connectivity index (χ0v) is 18.9. The number of nitrogens with zero attached hydrogens (tertiary/aromatic N) is 3. The van der Waals surface area contributed by atoms with Gasteiger partial charge in [-0.3, -0.25) is 9.36 Å². The summed E-state index contributed by atoms with van der Waals surface area (Å²) in [6, 6.07) is 9.87. The molecule has 0 saturated carbocycles. The molecule has 0 aliphatic heterocycles. The number of carbonyl (C=O) groups is 1. The summed E-state index contributed by atoms with van der Waals surface area (Å²) >= 11 is 1.32. The Morgan fingerprint density at radius 1 is 1.19 bits per heavy atom. The summed E-state index contributed by atoms with van der Waals surface area (Å²) in [5.41, 5.74) is 0.941. The van der Waals surface area contributed by atoms with Gasteiger partial charge in [0.2, 0.25) is 10.0 Å². The highest BCUT2D eigenvalue weighted by Gasteiger charge is 2.22. The summed E-state index contributed by atoms with van der Waals surface area (Å²) in [5, 5.41) is 3.23. The zero-order chi connectivity index (χ0) is 22.8. The van der Waals surface area contributed by atoms with E-state index in [4.69, 9.17) is 4.74 Å². The molecular weight excluding hydrogens is 443 g/mol. The molecule has 0 saturated heterocycles. The molecule has 11 heteroatoms. The normalized spacial score (nSPS) is 11.5. The number of aromatic nitrogens is 2. The number of benzene rings is 2. The van der Waals surface area contributed by atoms with E-state index in [1.165, 1.54) is 69.5 Å². The van der Waals surface area contributed by atoms with Crippen LogP contribution in [0.3, 0.4) is 0 Å². The van der Waals surface area contributed by atoms with Crippen molar-refractivity contribution in [2.45, 2.75) is 10.1 Å². The second kappa shape index (κ2) is 9.08. The van der Waals surface area contributed by atoms with Crippen LogP contribution in [0.4, 0.5) is 10.1 Å². The number of nitrogens with one attached hydrogen (secondary N) is 1. The lowest BCUT2D eigenvalue weighted by molar-refractivity contribution is 0.101. The minimum atomic E-state index is -3.71. The maximum Gasteiger partial charge on any atom is 0.274 e. The molecule has 1 aromatic heterocycles. The zero-order valence-electron chi connectivity index (χ0n) is 17.3. The predicted octanol–water partition coefficient (Wildman–Crippen LogP) is 3.24. The largest absolute Gasteiger partial charge is 0.495 e. The van der Waals surface area contributed by atoms with Crippen molar-refractivity contribution in [3.63, 3.8) is 0 Å². The van der Waals surface area contributed by atoms with Gasteiger partial charge >= 0.3 is 0 Å². The van der Waals surface area contributed by atoms with Crippen LogP contribution in [0.2, 0.25) is 0 Å². The average molecular weight is 465 g/mol. The highest BCUT2D eigenvalue weighted by atomic mass is 32.2. The minimum absolute atomic E-state index is 0.00504. The van der Waals surface area contributed by atoms with Crippen molar-refractivity contribution in [2.24, 2.45) is 0 Å². The smallest absolute Gasteiger partial charge is 0.274 e. The van der Waals surface area contributed by atoms with Gasteiger partial charge in [0.25, 0.3) is 5.91 Å². The van der Waals surface area contributed by atoms with E-state index >= 15 is 0 Å². The second-order valence-corrected chi connectivity index (χ2v) is 9.47. The van der Waals surface area contributed by atoms with E-state index in [1.54, 1.807) is 16.7 Å². The molecule has 8 nitrogen and oxygen atoms in total. The number of anilines is 1. The van der Waals surface area contributed by atoms with E-state index < -0.39 is 21.7 Å². The van der Waals surface area contributed by atoms with E-state index in [2.05, 4.69) is 10.3 Å². The van der Waals surface area contributed by atoms with Crippen LogP contribution in [-0.4, -0.2) is 55.6 Å². The standard InChI is InChI=1S/C20H21FN4O4S2/c1-24(2)31(27,28)15-9-10-18(29-3)16(11-15)23-19(26)17-12-22-20(30-4)25(17)14-7-5-13(21)6-8-14/h5-12H,1-4H3,(H,23,26). The summed E-state index contributed by atoms with van der Waals surface area (Å²) < 4.78 is 46.2. The molecule has 2 aromatic carbocycles. The first kappa shape index (κ1) is 22.8. The molecule has 1 heterocycles. The van der Waals surface area contributed by atoms with Crippen LogP contribution in [0.25, 0.3) is 5.69 Å². The number of hydrogen-bond acceptors (Lipinski definition) is 6. The molecule has 0 fully saturated rings. The lowest BCUT2D eigenvalue weighted by Gasteiger charge is -2.16. The number of imidazole rings is 1. The van der Waals surface area contributed by atoms with Gasteiger partial charge in [0.15, 0.2) is 5.16 Å². The molecule has 31 heavy (non-hydrogen) atoms. The molecule has 0 aliphatic rings. The molecule has 3 rings (SSSR count). The Morgan fingerprint density at radius 2 is 1.87 bits per heavy atom. The molecule has 0 aliphatic carbocycles. The fraction of sp³-hybridized carbons (Fsp3) is 0.200. The molecule has 0 bridgehead atoms. The highest BCUT2D eigenvalue weighted by molar-refractivity contribution is 7.98. The topological polar surface area (TPSA) is 93.5 Å². The number of methoxy groups -OCH3 is 1. The fourth-order valence-electron chi connectivity index (χ4n) is 2.82. The molecule has 0 radical (unpaired) electrons. The number of sulfonamides is 1. The average Bonchev–Trinajstić information content (AvgIpc) is 3.18. The molecule has 0 unspecified atom stereocenters. The molecule has 1 amide bonds. The number of rotatable bonds is 7. The first-order valence-corrected chi connectivity index (χ1v) is 11.6. The third kappa shape index (κ3) is 4.58. The van der Waals surface area contributed by atoms with Crippen LogP contribution < -0.4 is 10.1 Å². The second-order valence-electron chi connectivity index (χ2n) is 6.55. The van der Waals surface area contributed by atoms with Crippen LogP contribution >= 0.6 is 11.8 Å². The quantitative estimate of drug-likeness (QED) is 0.540. The number of carbonyl (C=O) groups excluding carboxylic acids is 1. The lowest BCUT2D eigenvalue weighted by atomic mass is 10.2. The van der Waals surface area contributed by atoms with Crippen molar-refractivity contribution >= 4 is 33.4 Å². The summed E-state index contributed by atoms with van der Waals surface area (Å²) in [4.78, 5) is 17.4. The number of halogens is 1. The van der Waals surface area contributed by atoms with Crippen molar-refractivity contribution in [3.8, 4) is 11.4 Å². The van der Waals surface area contributed by atoms with E-state index in [0.29, 0.717) is 16.6 Å². The van der Waals surface area contributed by atoms with Gasteiger partial charge in [-0.05, 0) is 48.7 Å². The van der Waals surface area contributed by atoms with Crippen molar-refractivity contribution in [1.82, 2.24) is 13.9 Å². The highest BCUT2D eigenvalue weighted by Crippen LogP contribution is 2.30. The monoisotopic (exact) mass is 464 g/mol. The summed E-state index contributed by atoms with van der Waals surface area (Å²) in [5.74, 6) is -0.636. The van der Waals surface area contributed by atoms with Crippen LogP contribution in [0.15, 0.2) is 58.7 Å². The first-order valence-electron chi connectivity index (χ1n) is 8.98. The van der Waals surface area contributed by atoms with Crippen molar-refractivity contribution in [1.29, 1.82) is 0 Å². The molecule has 164 valence electrons. The fourth-order valence-corrected chi connectivity index (χ4v) is 4.29. The van der Waals surface area contributed by atoms with Crippen LogP contribution in [0.1, 0.15) is 10.5 Å². The molecule has 0 spiro atoms. The van der Waals surface area contributed by atoms with Gasteiger partial charge in [-0.15, -0.1) is 0 Å². The van der Waals surface area contributed by atoms with E-state index in [9.17, 15) is 17.6 Å².